The first-order valence-electron chi connectivity index (χ1n) is 7.16. The van der Waals surface area contributed by atoms with Gasteiger partial charge in [0.2, 0.25) is 0 Å². The largest absolute Gasteiger partial charge is 0.478 e. The second-order valence-corrected chi connectivity index (χ2v) is 4.91. The zero-order valence-corrected chi connectivity index (χ0v) is 12.5. The quantitative estimate of drug-likeness (QED) is 0.753. The van der Waals surface area contributed by atoms with Crippen molar-refractivity contribution in [3.05, 3.63) is 60.3 Å². The van der Waals surface area contributed by atoms with Crippen LogP contribution in [0, 0.1) is 0 Å². The van der Waals surface area contributed by atoms with E-state index in [9.17, 15) is 9.59 Å². The molecule has 0 atom stereocenters. The Balaban J connectivity index is 0.000000207. The monoisotopic (exact) mass is 314 g/mol. The zero-order valence-electron chi connectivity index (χ0n) is 12.5. The van der Waals surface area contributed by atoms with Gasteiger partial charge in [0.15, 0.2) is 0 Å². The highest BCUT2D eigenvalue weighted by Crippen LogP contribution is 2.23. The van der Waals surface area contributed by atoms with Crippen LogP contribution in [0.5, 0.6) is 0 Å². The Labute approximate surface area is 133 Å². The number of carboxylic acid groups (broad SMARTS) is 2. The minimum absolute atomic E-state index is 0.558. The maximum absolute atomic E-state index is 9.55. The minimum Gasteiger partial charge on any atom is -0.478 e. The van der Waals surface area contributed by atoms with Gasteiger partial charge in [-0.05, 0) is 17.7 Å². The predicted molar refractivity (Wildman–Crippen MR) is 86.0 cm³/mol. The van der Waals surface area contributed by atoms with Gasteiger partial charge in [-0.25, -0.2) is 9.59 Å². The number of nitrogens with one attached hydrogen (secondary N) is 1. The lowest BCUT2D eigenvalue weighted by Gasteiger charge is -2.19. The molecule has 1 aliphatic heterocycles. The number of rotatable bonds is 3. The average molecular weight is 314 g/mol. The van der Waals surface area contributed by atoms with Crippen molar-refractivity contribution in [1.29, 1.82) is 0 Å². The van der Waals surface area contributed by atoms with Crippen molar-refractivity contribution in [2.75, 3.05) is 6.54 Å². The molecule has 0 fully saturated rings. The molecule has 0 saturated carbocycles. The lowest BCUT2D eigenvalue weighted by molar-refractivity contribution is -0.134. The van der Waals surface area contributed by atoms with E-state index < -0.39 is 11.9 Å². The number of benzene rings is 1. The Kier molecular flexibility index (Phi) is 5.71. The van der Waals surface area contributed by atoms with Crippen molar-refractivity contribution in [3.8, 4) is 11.3 Å². The molecule has 0 radical (unpaired) electrons. The normalized spacial score (nSPS) is 13.0. The number of carbonyl (C=O) groups is 2. The van der Waals surface area contributed by atoms with Crippen LogP contribution in [-0.2, 0) is 22.7 Å². The topological polar surface area (TPSA) is 91.6 Å². The first-order valence-corrected chi connectivity index (χ1v) is 7.16. The van der Waals surface area contributed by atoms with E-state index >= 15 is 0 Å². The second-order valence-electron chi connectivity index (χ2n) is 4.91. The molecule has 1 aromatic carbocycles. The molecule has 6 heteroatoms. The summed E-state index contributed by atoms with van der Waals surface area (Å²) in [4.78, 5) is 19.1. The van der Waals surface area contributed by atoms with Gasteiger partial charge in [0.25, 0.3) is 0 Å². The van der Waals surface area contributed by atoms with E-state index in [4.69, 9.17) is 10.2 Å². The predicted octanol–water partition coefficient (Wildman–Crippen LogP) is 1.97. The molecule has 0 saturated heterocycles. The van der Waals surface area contributed by atoms with Crippen LogP contribution < -0.4 is 5.32 Å². The van der Waals surface area contributed by atoms with Crippen LogP contribution >= 0.6 is 0 Å². The highest BCUT2D eigenvalue weighted by Gasteiger charge is 2.12. The van der Waals surface area contributed by atoms with Gasteiger partial charge >= 0.3 is 11.9 Å². The Bertz CT molecular complexity index is 689. The molecule has 3 N–H and O–H groups in total. The summed E-state index contributed by atoms with van der Waals surface area (Å²) in [5, 5.41) is 19.0. The highest BCUT2D eigenvalue weighted by molar-refractivity contribution is 5.89. The van der Waals surface area contributed by atoms with Crippen molar-refractivity contribution in [1.82, 2.24) is 9.88 Å². The highest BCUT2D eigenvalue weighted by atomic mass is 16.4. The third-order valence-corrected chi connectivity index (χ3v) is 3.33. The molecule has 120 valence electrons. The number of aromatic nitrogens is 1. The van der Waals surface area contributed by atoms with Crippen molar-refractivity contribution >= 4 is 11.9 Å². The van der Waals surface area contributed by atoms with E-state index in [0.717, 1.165) is 19.6 Å². The van der Waals surface area contributed by atoms with E-state index in [0.29, 0.717) is 12.2 Å². The summed E-state index contributed by atoms with van der Waals surface area (Å²) in [6.07, 6.45) is 1.12. The standard InChI is InChI=1S/C13H14N2.C4H4O4/c1-2-4-11(5-3-1)13-7-6-12-10-14-8-9-15(12)13;5-3(6)1-2-4(7)8/h1-7,14H,8-10H2;1-2H,(H,5,6)(H,7,8)/b;2-1+. The van der Waals surface area contributed by atoms with Crippen molar-refractivity contribution in [2.24, 2.45) is 0 Å². The molecule has 6 nitrogen and oxygen atoms in total. The van der Waals surface area contributed by atoms with Gasteiger partial charge in [-0.15, -0.1) is 0 Å². The molecule has 0 spiro atoms. The van der Waals surface area contributed by atoms with Crippen LogP contribution in [0.3, 0.4) is 0 Å². The van der Waals surface area contributed by atoms with Gasteiger partial charge in [-0.2, -0.15) is 0 Å². The van der Waals surface area contributed by atoms with Gasteiger partial charge < -0.3 is 20.1 Å². The molecule has 0 bridgehead atoms. The van der Waals surface area contributed by atoms with Gasteiger partial charge in [-0.1, -0.05) is 30.3 Å². The fraction of sp³-hybridized carbons (Fsp3) is 0.176. The third-order valence-electron chi connectivity index (χ3n) is 3.33. The van der Waals surface area contributed by atoms with Crippen molar-refractivity contribution in [2.45, 2.75) is 13.1 Å². The number of nitrogens with zero attached hydrogens (tertiary/aromatic N) is 1. The molecule has 2 heterocycles. The molecule has 23 heavy (non-hydrogen) atoms. The SMILES string of the molecule is O=C(O)/C=C/C(=O)O.c1ccc(-c2ccc3n2CCNC3)cc1. The first-order chi connectivity index (χ1) is 11.1. The van der Waals surface area contributed by atoms with E-state index in [1.807, 2.05) is 0 Å². The Morgan fingerprint density at radius 2 is 1.65 bits per heavy atom. The summed E-state index contributed by atoms with van der Waals surface area (Å²) < 4.78 is 2.41. The molecule has 1 aromatic heterocycles. The molecular weight excluding hydrogens is 296 g/mol. The summed E-state index contributed by atoms with van der Waals surface area (Å²) >= 11 is 0. The molecule has 2 aromatic rings. The second kappa shape index (κ2) is 7.95. The van der Waals surface area contributed by atoms with Crippen LogP contribution in [0.15, 0.2) is 54.6 Å². The summed E-state index contributed by atoms with van der Waals surface area (Å²) in [5.74, 6) is -2.51. The van der Waals surface area contributed by atoms with Gasteiger partial charge in [-0.3, -0.25) is 0 Å². The van der Waals surface area contributed by atoms with Crippen LogP contribution in [0.2, 0.25) is 0 Å². The van der Waals surface area contributed by atoms with Crippen molar-refractivity contribution in [3.63, 3.8) is 0 Å². The lowest BCUT2D eigenvalue weighted by atomic mass is 10.1. The fourth-order valence-corrected chi connectivity index (χ4v) is 2.34. The van der Waals surface area contributed by atoms with Gasteiger partial charge in [0.1, 0.15) is 0 Å². The maximum atomic E-state index is 9.55. The summed E-state index contributed by atoms with van der Waals surface area (Å²) in [7, 11) is 0. The van der Waals surface area contributed by atoms with E-state index in [1.54, 1.807) is 0 Å². The number of hydrogen-bond acceptors (Lipinski definition) is 3. The van der Waals surface area contributed by atoms with Crippen LogP contribution in [0.25, 0.3) is 11.3 Å². The summed E-state index contributed by atoms with van der Waals surface area (Å²) in [6, 6.07) is 15.0. The molecule has 0 aliphatic carbocycles. The molecular formula is C17H18N2O4. The van der Waals surface area contributed by atoms with Gasteiger partial charge in [0.05, 0.1) is 0 Å². The maximum Gasteiger partial charge on any atom is 0.328 e. The molecule has 0 amide bonds. The van der Waals surface area contributed by atoms with E-state index in [-0.39, 0.29) is 0 Å². The molecule has 0 unspecified atom stereocenters. The van der Waals surface area contributed by atoms with Gasteiger partial charge in [0, 0.05) is 43.2 Å². The Morgan fingerprint density at radius 1 is 1.00 bits per heavy atom. The number of hydrogen-bond donors (Lipinski definition) is 3. The average Bonchev–Trinajstić information content (AvgIpc) is 2.98. The third kappa shape index (κ3) is 4.82. The smallest absolute Gasteiger partial charge is 0.328 e. The fourth-order valence-electron chi connectivity index (χ4n) is 2.34. The Morgan fingerprint density at radius 3 is 2.26 bits per heavy atom. The summed E-state index contributed by atoms with van der Waals surface area (Å²) in [5.41, 5.74) is 4.04. The number of fused-ring (bicyclic) bond motifs is 1. The summed E-state index contributed by atoms with van der Waals surface area (Å²) in [6.45, 7) is 3.14. The zero-order chi connectivity index (χ0) is 16.7. The first kappa shape index (κ1) is 16.5. The Hall–Kier alpha value is -2.86. The van der Waals surface area contributed by atoms with Crippen LogP contribution in [0.4, 0.5) is 0 Å². The van der Waals surface area contributed by atoms with Crippen LogP contribution in [-0.4, -0.2) is 33.3 Å². The van der Waals surface area contributed by atoms with Crippen molar-refractivity contribution < 1.29 is 19.8 Å². The number of aliphatic carboxylic acids is 2. The number of carboxylic acids is 2. The minimum atomic E-state index is -1.26. The van der Waals surface area contributed by atoms with E-state index in [1.165, 1.54) is 17.0 Å². The van der Waals surface area contributed by atoms with E-state index in [2.05, 4.69) is 52.3 Å². The molecule has 3 rings (SSSR count). The van der Waals surface area contributed by atoms with Crippen LogP contribution in [0.1, 0.15) is 5.69 Å². The molecule has 1 aliphatic rings. The lowest BCUT2D eigenvalue weighted by Crippen LogP contribution is -2.27.